The lowest BCUT2D eigenvalue weighted by Crippen LogP contribution is -2.33. The highest BCUT2D eigenvalue weighted by Gasteiger charge is 2.04. The first-order valence-electron chi connectivity index (χ1n) is 6.50. The normalized spacial score (nSPS) is 11.4. The molecule has 6 heteroatoms. The highest BCUT2D eigenvalue weighted by molar-refractivity contribution is 14.0. The number of fused-ring (bicyclic) bond motifs is 1. The Morgan fingerprint density at radius 2 is 2.25 bits per heavy atom. The van der Waals surface area contributed by atoms with Crippen molar-refractivity contribution >= 4 is 40.8 Å². The zero-order valence-corrected chi connectivity index (χ0v) is 13.8. The number of rotatable bonds is 5. The van der Waals surface area contributed by atoms with Gasteiger partial charge < -0.3 is 16.0 Å². The molecule has 0 aliphatic carbocycles. The first-order valence-corrected chi connectivity index (χ1v) is 6.50. The molecule has 4 N–H and O–H groups in total. The smallest absolute Gasteiger partial charge is 0.188 e. The number of aromatic nitrogens is 1. The number of aliphatic imine (C=N–C) groups is 1. The second-order valence-electron chi connectivity index (χ2n) is 4.45. The van der Waals surface area contributed by atoms with Crippen LogP contribution in [0.25, 0.3) is 10.9 Å². The molecule has 0 bridgehead atoms. The summed E-state index contributed by atoms with van der Waals surface area (Å²) in [5.74, 6) is 0.248. The lowest BCUT2D eigenvalue weighted by atomic mass is 10.1. The van der Waals surface area contributed by atoms with Crippen LogP contribution in [0.4, 0.5) is 4.39 Å². The lowest BCUT2D eigenvalue weighted by Gasteiger charge is -2.04. The molecule has 0 unspecified atom stereocenters. The van der Waals surface area contributed by atoms with Gasteiger partial charge >= 0.3 is 0 Å². The Bertz CT molecular complexity index is 580. The van der Waals surface area contributed by atoms with Crippen LogP contribution in [0.3, 0.4) is 0 Å². The van der Waals surface area contributed by atoms with Crippen LogP contribution in [0.2, 0.25) is 0 Å². The van der Waals surface area contributed by atoms with Crippen molar-refractivity contribution in [2.75, 3.05) is 13.1 Å². The van der Waals surface area contributed by atoms with Crippen molar-refractivity contribution < 1.29 is 4.39 Å². The number of aromatic amines is 1. The number of halogens is 2. The topological polar surface area (TPSA) is 66.2 Å². The van der Waals surface area contributed by atoms with Gasteiger partial charge in [-0.3, -0.25) is 4.99 Å². The van der Waals surface area contributed by atoms with Gasteiger partial charge in [0.25, 0.3) is 0 Å². The van der Waals surface area contributed by atoms with Gasteiger partial charge in [0.2, 0.25) is 0 Å². The number of nitrogens with zero attached hydrogens (tertiary/aromatic N) is 1. The average Bonchev–Trinajstić information content (AvgIpc) is 2.79. The van der Waals surface area contributed by atoms with E-state index in [-0.39, 0.29) is 29.8 Å². The third-order valence-electron chi connectivity index (χ3n) is 2.94. The lowest BCUT2D eigenvalue weighted by molar-refractivity contribution is 0.629. The highest BCUT2D eigenvalue weighted by Crippen LogP contribution is 2.19. The van der Waals surface area contributed by atoms with Crippen LogP contribution in [0, 0.1) is 5.82 Å². The summed E-state index contributed by atoms with van der Waals surface area (Å²) in [4.78, 5) is 7.29. The summed E-state index contributed by atoms with van der Waals surface area (Å²) in [6, 6.07) is 4.75. The molecule has 2 aromatic rings. The summed E-state index contributed by atoms with van der Waals surface area (Å²) in [5.41, 5.74) is 7.73. The summed E-state index contributed by atoms with van der Waals surface area (Å²) in [7, 11) is 0. The predicted octanol–water partition coefficient (Wildman–Crippen LogP) is 2.78. The van der Waals surface area contributed by atoms with Gasteiger partial charge in [-0.1, -0.05) is 6.92 Å². The number of hydrogen-bond donors (Lipinski definition) is 3. The van der Waals surface area contributed by atoms with Gasteiger partial charge in [-0.2, -0.15) is 0 Å². The minimum absolute atomic E-state index is 0. The maximum Gasteiger partial charge on any atom is 0.188 e. The molecule has 0 saturated heterocycles. The number of nitrogens with two attached hydrogens (primary N) is 1. The van der Waals surface area contributed by atoms with E-state index in [0.29, 0.717) is 12.5 Å². The minimum atomic E-state index is -0.217. The van der Waals surface area contributed by atoms with Crippen LogP contribution in [-0.4, -0.2) is 24.0 Å². The van der Waals surface area contributed by atoms with Crippen molar-refractivity contribution in [2.24, 2.45) is 10.7 Å². The van der Waals surface area contributed by atoms with Gasteiger partial charge in [0.1, 0.15) is 5.82 Å². The van der Waals surface area contributed by atoms with E-state index in [2.05, 4.69) is 22.2 Å². The molecule has 0 amide bonds. The second kappa shape index (κ2) is 8.08. The molecule has 2 rings (SSSR count). The van der Waals surface area contributed by atoms with Crippen LogP contribution in [0.15, 0.2) is 29.4 Å². The summed E-state index contributed by atoms with van der Waals surface area (Å²) in [6.07, 6.45) is 3.65. The van der Waals surface area contributed by atoms with Gasteiger partial charge in [-0.05, 0) is 36.6 Å². The number of hydrogen-bond acceptors (Lipinski definition) is 1. The van der Waals surface area contributed by atoms with Crippen molar-refractivity contribution in [2.45, 2.75) is 19.8 Å². The molecule has 110 valence electrons. The van der Waals surface area contributed by atoms with E-state index in [1.165, 1.54) is 6.07 Å². The standard InChI is InChI=1S/C14H19FN4.HI/c1-2-6-17-14(16)18-7-5-10-9-19-13-4-3-11(15)8-12(10)13;/h3-4,8-9,19H,2,5-7H2,1H3,(H3,16,17,18);1H. The van der Waals surface area contributed by atoms with Crippen LogP contribution < -0.4 is 11.1 Å². The molecule has 20 heavy (non-hydrogen) atoms. The molecule has 1 aromatic heterocycles. The first kappa shape index (κ1) is 16.7. The summed E-state index contributed by atoms with van der Waals surface area (Å²) in [6.45, 7) is 3.47. The van der Waals surface area contributed by atoms with Gasteiger partial charge in [-0.15, -0.1) is 24.0 Å². The molecule has 0 aliphatic rings. The average molecular weight is 390 g/mol. The van der Waals surface area contributed by atoms with E-state index in [1.807, 2.05) is 6.20 Å². The monoisotopic (exact) mass is 390 g/mol. The first-order chi connectivity index (χ1) is 9.20. The Balaban J connectivity index is 0.00000200. The molecular weight excluding hydrogens is 370 g/mol. The fourth-order valence-corrected chi connectivity index (χ4v) is 1.97. The maximum absolute atomic E-state index is 13.2. The van der Waals surface area contributed by atoms with Crippen molar-refractivity contribution in [1.29, 1.82) is 0 Å². The Morgan fingerprint density at radius 1 is 1.45 bits per heavy atom. The number of guanidine groups is 1. The Hall–Kier alpha value is -1.31. The Labute approximate surface area is 135 Å². The van der Waals surface area contributed by atoms with Crippen LogP contribution in [0.5, 0.6) is 0 Å². The zero-order valence-electron chi connectivity index (χ0n) is 11.4. The van der Waals surface area contributed by atoms with E-state index in [9.17, 15) is 4.39 Å². The Kier molecular flexibility index (Phi) is 6.77. The van der Waals surface area contributed by atoms with Crippen molar-refractivity contribution in [3.8, 4) is 0 Å². The summed E-state index contributed by atoms with van der Waals surface area (Å²) in [5, 5.41) is 3.98. The number of H-pyrrole nitrogens is 1. The second-order valence-corrected chi connectivity index (χ2v) is 4.45. The van der Waals surface area contributed by atoms with Gasteiger partial charge in [0.05, 0.1) is 0 Å². The van der Waals surface area contributed by atoms with Gasteiger partial charge in [0.15, 0.2) is 5.96 Å². The minimum Gasteiger partial charge on any atom is -0.370 e. The van der Waals surface area contributed by atoms with E-state index >= 15 is 0 Å². The van der Waals surface area contributed by atoms with Crippen molar-refractivity contribution in [3.63, 3.8) is 0 Å². The molecule has 0 radical (unpaired) electrons. The molecule has 1 aromatic carbocycles. The fourth-order valence-electron chi connectivity index (χ4n) is 1.97. The van der Waals surface area contributed by atoms with E-state index in [1.54, 1.807) is 12.1 Å². The third kappa shape index (κ3) is 4.36. The van der Waals surface area contributed by atoms with Crippen molar-refractivity contribution in [3.05, 3.63) is 35.8 Å². The van der Waals surface area contributed by atoms with E-state index in [0.717, 1.165) is 35.9 Å². The van der Waals surface area contributed by atoms with Crippen LogP contribution in [-0.2, 0) is 6.42 Å². The maximum atomic E-state index is 13.2. The third-order valence-corrected chi connectivity index (χ3v) is 2.94. The molecule has 0 atom stereocenters. The quantitative estimate of drug-likeness (QED) is 0.418. The molecule has 0 fully saturated rings. The van der Waals surface area contributed by atoms with Gasteiger partial charge in [-0.25, -0.2) is 4.39 Å². The van der Waals surface area contributed by atoms with Gasteiger partial charge in [0, 0.05) is 30.2 Å². The molecule has 0 spiro atoms. The van der Waals surface area contributed by atoms with Crippen LogP contribution in [0.1, 0.15) is 18.9 Å². The molecule has 1 heterocycles. The Morgan fingerprint density at radius 3 is 3.00 bits per heavy atom. The largest absolute Gasteiger partial charge is 0.370 e. The SMILES string of the molecule is CCCN=C(N)NCCc1c[nH]c2ccc(F)cc12.I. The van der Waals surface area contributed by atoms with E-state index < -0.39 is 0 Å². The molecular formula is C14H20FIN4. The molecule has 0 saturated carbocycles. The number of nitrogens with one attached hydrogen (secondary N) is 2. The summed E-state index contributed by atoms with van der Waals surface area (Å²) < 4.78 is 13.2. The summed E-state index contributed by atoms with van der Waals surface area (Å²) >= 11 is 0. The highest BCUT2D eigenvalue weighted by atomic mass is 127. The van der Waals surface area contributed by atoms with Crippen LogP contribution >= 0.6 is 24.0 Å². The molecule has 0 aliphatic heterocycles. The fraction of sp³-hybridized carbons (Fsp3) is 0.357. The predicted molar refractivity (Wildman–Crippen MR) is 92.2 cm³/mol. The van der Waals surface area contributed by atoms with Crippen molar-refractivity contribution in [1.82, 2.24) is 10.3 Å². The molecule has 4 nitrogen and oxygen atoms in total. The van der Waals surface area contributed by atoms with E-state index in [4.69, 9.17) is 5.73 Å². The number of benzene rings is 1. The zero-order chi connectivity index (χ0) is 13.7.